The number of piperidine rings is 1. The highest BCUT2D eigenvalue weighted by Gasteiger charge is 2.48. The number of rotatable bonds is 4. The summed E-state index contributed by atoms with van der Waals surface area (Å²) in [6.07, 6.45) is 6.07. The Balaban J connectivity index is 1.83. The molecular formula is C18H24FNO2. The molecule has 1 aromatic carbocycles. The zero-order chi connectivity index (χ0) is 15.6. The van der Waals surface area contributed by atoms with E-state index in [4.69, 9.17) is 4.74 Å². The van der Waals surface area contributed by atoms with E-state index in [9.17, 15) is 9.18 Å². The molecule has 3 rings (SSSR count). The molecule has 1 aliphatic heterocycles. The number of carbonyl (C=O) groups is 1. The first-order valence-electron chi connectivity index (χ1n) is 8.22. The van der Waals surface area contributed by atoms with Gasteiger partial charge in [-0.1, -0.05) is 18.6 Å². The third-order valence-corrected chi connectivity index (χ3v) is 5.20. The van der Waals surface area contributed by atoms with E-state index < -0.39 is 0 Å². The summed E-state index contributed by atoms with van der Waals surface area (Å²) >= 11 is 0. The summed E-state index contributed by atoms with van der Waals surface area (Å²) in [6.45, 7) is 1.31. The lowest BCUT2D eigenvalue weighted by molar-refractivity contribution is -0.156. The van der Waals surface area contributed by atoms with Crippen LogP contribution < -0.4 is 0 Å². The minimum absolute atomic E-state index is 0.0798. The first-order chi connectivity index (χ1) is 10.7. The monoisotopic (exact) mass is 305 g/mol. The van der Waals surface area contributed by atoms with Crippen LogP contribution in [0.3, 0.4) is 0 Å². The molecule has 2 aliphatic rings. The highest BCUT2D eigenvalue weighted by Crippen LogP contribution is 2.45. The van der Waals surface area contributed by atoms with Crippen molar-refractivity contribution in [2.75, 3.05) is 20.3 Å². The standard InChI is InChI=1S/C18H24FNO2/c1-22-13-18(10-4-11-18)17(21)20-12-3-2-5-16(20)14-6-8-15(19)9-7-14/h6-9,16H,2-5,10-13H2,1H3/t16-/m1/s1. The van der Waals surface area contributed by atoms with E-state index in [1.807, 2.05) is 17.0 Å². The van der Waals surface area contributed by atoms with Gasteiger partial charge in [-0.3, -0.25) is 4.79 Å². The summed E-state index contributed by atoms with van der Waals surface area (Å²) in [4.78, 5) is 15.1. The maximum atomic E-state index is 13.2. The largest absolute Gasteiger partial charge is 0.384 e. The van der Waals surface area contributed by atoms with Crippen LogP contribution in [0.1, 0.15) is 50.1 Å². The normalized spacial score (nSPS) is 23.9. The minimum Gasteiger partial charge on any atom is -0.384 e. The maximum Gasteiger partial charge on any atom is 0.231 e. The number of nitrogens with zero attached hydrogens (tertiary/aromatic N) is 1. The average molecular weight is 305 g/mol. The summed E-state index contributed by atoms with van der Waals surface area (Å²) in [5, 5.41) is 0. The van der Waals surface area contributed by atoms with Crippen LogP contribution in [0.25, 0.3) is 0 Å². The molecule has 0 bridgehead atoms. The second kappa shape index (κ2) is 6.37. The van der Waals surface area contributed by atoms with Gasteiger partial charge in [0.1, 0.15) is 5.82 Å². The van der Waals surface area contributed by atoms with Gasteiger partial charge in [-0.25, -0.2) is 4.39 Å². The van der Waals surface area contributed by atoms with Crippen molar-refractivity contribution in [1.29, 1.82) is 0 Å². The molecule has 0 aromatic heterocycles. The SMILES string of the molecule is COCC1(C(=O)N2CCCC[C@@H]2c2ccc(F)cc2)CCC1. The Morgan fingerprint density at radius 2 is 2.00 bits per heavy atom. The third-order valence-electron chi connectivity index (χ3n) is 5.20. The Kier molecular flexibility index (Phi) is 4.48. The molecule has 1 saturated heterocycles. The maximum absolute atomic E-state index is 13.2. The molecule has 2 fully saturated rings. The second-order valence-corrected chi connectivity index (χ2v) is 6.63. The Morgan fingerprint density at radius 1 is 1.27 bits per heavy atom. The molecule has 1 saturated carbocycles. The van der Waals surface area contributed by atoms with Crippen molar-refractivity contribution < 1.29 is 13.9 Å². The van der Waals surface area contributed by atoms with Gasteiger partial charge in [-0.15, -0.1) is 0 Å². The lowest BCUT2D eigenvalue weighted by Gasteiger charge is -2.46. The quantitative estimate of drug-likeness (QED) is 0.849. The van der Waals surface area contributed by atoms with Crippen molar-refractivity contribution in [3.05, 3.63) is 35.6 Å². The smallest absolute Gasteiger partial charge is 0.231 e. The van der Waals surface area contributed by atoms with Crippen LogP contribution in [0.5, 0.6) is 0 Å². The van der Waals surface area contributed by atoms with E-state index in [1.54, 1.807) is 7.11 Å². The Labute approximate surface area is 131 Å². The molecule has 0 spiro atoms. The summed E-state index contributed by atoms with van der Waals surface area (Å²) in [6, 6.07) is 6.68. The van der Waals surface area contributed by atoms with Gasteiger partial charge in [0.05, 0.1) is 18.1 Å². The van der Waals surface area contributed by atoms with E-state index >= 15 is 0 Å². The summed E-state index contributed by atoms with van der Waals surface area (Å²) < 4.78 is 18.5. The van der Waals surface area contributed by atoms with Gasteiger partial charge in [0, 0.05) is 13.7 Å². The number of hydrogen-bond acceptors (Lipinski definition) is 2. The number of ether oxygens (including phenoxy) is 1. The molecule has 3 nitrogen and oxygen atoms in total. The molecule has 0 N–H and O–H groups in total. The van der Waals surface area contributed by atoms with Crippen LogP contribution in [-0.4, -0.2) is 31.1 Å². The lowest BCUT2D eigenvalue weighted by atomic mass is 9.68. The van der Waals surface area contributed by atoms with Gasteiger partial charge in [-0.2, -0.15) is 0 Å². The van der Waals surface area contributed by atoms with E-state index in [0.717, 1.165) is 50.6 Å². The second-order valence-electron chi connectivity index (χ2n) is 6.63. The zero-order valence-electron chi connectivity index (χ0n) is 13.2. The van der Waals surface area contributed by atoms with E-state index in [1.165, 1.54) is 12.1 Å². The molecule has 0 unspecified atom stereocenters. The van der Waals surface area contributed by atoms with Crippen molar-refractivity contribution in [1.82, 2.24) is 4.90 Å². The Morgan fingerprint density at radius 3 is 2.59 bits per heavy atom. The fourth-order valence-electron chi connectivity index (χ4n) is 3.81. The lowest BCUT2D eigenvalue weighted by Crippen LogP contribution is -2.52. The number of amides is 1. The third kappa shape index (κ3) is 2.76. The highest BCUT2D eigenvalue weighted by atomic mass is 19.1. The van der Waals surface area contributed by atoms with Crippen molar-refractivity contribution in [3.63, 3.8) is 0 Å². The van der Waals surface area contributed by atoms with Crippen molar-refractivity contribution in [2.45, 2.75) is 44.6 Å². The van der Waals surface area contributed by atoms with Crippen LogP contribution in [0.2, 0.25) is 0 Å². The number of methoxy groups -OCH3 is 1. The molecule has 4 heteroatoms. The Hall–Kier alpha value is -1.42. The molecule has 120 valence electrons. The summed E-state index contributed by atoms with van der Waals surface area (Å²) in [7, 11) is 1.67. The van der Waals surface area contributed by atoms with Gasteiger partial charge in [0.25, 0.3) is 0 Å². The van der Waals surface area contributed by atoms with Crippen molar-refractivity contribution >= 4 is 5.91 Å². The first-order valence-corrected chi connectivity index (χ1v) is 8.22. The van der Waals surface area contributed by atoms with Crippen LogP contribution in [0.4, 0.5) is 4.39 Å². The number of carbonyl (C=O) groups excluding carboxylic acids is 1. The number of halogens is 1. The van der Waals surface area contributed by atoms with Crippen molar-refractivity contribution in [2.24, 2.45) is 5.41 Å². The minimum atomic E-state index is -0.315. The fourth-order valence-corrected chi connectivity index (χ4v) is 3.81. The summed E-state index contributed by atoms with van der Waals surface area (Å²) in [5.74, 6) is 0.00177. The topological polar surface area (TPSA) is 29.5 Å². The number of likely N-dealkylation sites (tertiary alicyclic amines) is 1. The Bertz CT molecular complexity index is 524. The molecule has 1 aromatic rings. The predicted octanol–water partition coefficient (Wildman–Crippen LogP) is 3.70. The van der Waals surface area contributed by atoms with Gasteiger partial charge in [-0.05, 0) is 49.8 Å². The number of hydrogen-bond donors (Lipinski definition) is 0. The molecule has 22 heavy (non-hydrogen) atoms. The molecular weight excluding hydrogens is 281 g/mol. The van der Waals surface area contributed by atoms with Crippen molar-refractivity contribution in [3.8, 4) is 0 Å². The first kappa shape index (κ1) is 15.5. The number of benzene rings is 1. The van der Waals surface area contributed by atoms with Crippen LogP contribution >= 0.6 is 0 Å². The zero-order valence-corrected chi connectivity index (χ0v) is 13.2. The highest BCUT2D eigenvalue weighted by molar-refractivity contribution is 5.84. The van der Waals surface area contributed by atoms with E-state index in [-0.39, 0.29) is 23.2 Å². The summed E-state index contributed by atoms with van der Waals surface area (Å²) in [5.41, 5.74) is 0.728. The van der Waals surface area contributed by atoms with Crippen LogP contribution in [0.15, 0.2) is 24.3 Å². The average Bonchev–Trinajstić information content (AvgIpc) is 2.51. The van der Waals surface area contributed by atoms with Crippen LogP contribution in [0, 0.1) is 11.2 Å². The predicted molar refractivity (Wildman–Crippen MR) is 82.9 cm³/mol. The molecule has 1 heterocycles. The van der Waals surface area contributed by atoms with Gasteiger partial charge in [0.2, 0.25) is 5.91 Å². The molecule has 1 aliphatic carbocycles. The van der Waals surface area contributed by atoms with Gasteiger partial charge in [0.15, 0.2) is 0 Å². The fraction of sp³-hybridized carbons (Fsp3) is 0.611. The van der Waals surface area contributed by atoms with E-state index in [0.29, 0.717) is 6.61 Å². The molecule has 1 atom stereocenters. The van der Waals surface area contributed by atoms with E-state index in [2.05, 4.69) is 0 Å². The van der Waals surface area contributed by atoms with Gasteiger partial charge >= 0.3 is 0 Å². The van der Waals surface area contributed by atoms with Gasteiger partial charge < -0.3 is 9.64 Å². The molecule has 1 amide bonds. The van der Waals surface area contributed by atoms with Crippen LogP contribution in [-0.2, 0) is 9.53 Å². The molecule has 0 radical (unpaired) electrons.